The Hall–Kier alpha value is -0.870. The molecule has 1 N–H and O–H groups in total. The molecule has 1 aromatic rings. The first-order valence-electron chi connectivity index (χ1n) is 6.63. The van der Waals surface area contributed by atoms with Crippen molar-refractivity contribution in [1.29, 1.82) is 0 Å². The van der Waals surface area contributed by atoms with Gasteiger partial charge in [0.15, 0.2) is 0 Å². The summed E-state index contributed by atoms with van der Waals surface area (Å²) in [6.07, 6.45) is 7.66. The van der Waals surface area contributed by atoms with Gasteiger partial charge in [0.05, 0.1) is 18.1 Å². The van der Waals surface area contributed by atoms with Crippen molar-refractivity contribution >= 4 is 0 Å². The molecule has 0 spiro atoms. The number of imidazole rings is 1. The predicted octanol–water partition coefficient (Wildman–Crippen LogP) is 1.95. The quantitative estimate of drug-likeness (QED) is 0.850. The number of ether oxygens (including phenoxy) is 1. The minimum absolute atomic E-state index is 0.391. The predicted molar refractivity (Wildman–Crippen MR) is 67.8 cm³/mol. The van der Waals surface area contributed by atoms with Gasteiger partial charge >= 0.3 is 0 Å². The maximum Gasteiger partial charge on any atom is 0.0948 e. The molecular formula is C13H23N3O. The van der Waals surface area contributed by atoms with E-state index in [1.54, 1.807) is 0 Å². The Morgan fingerprint density at radius 3 is 3.24 bits per heavy atom. The standard InChI is InChI=1S/C13H23N3O/c1-3-5-16-10-14-8-13(16)9-15-12-4-6-17-11(2)7-12/h8,10-12,15H,3-7,9H2,1-2H3. The van der Waals surface area contributed by atoms with Gasteiger partial charge in [-0.3, -0.25) is 0 Å². The molecule has 2 unspecified atom stereocenters. The number of aromatic nitrogens is 2. The van der Waals surface area contributed by atoms with Crippen LogP contribution in [-0.2, 0) is 17.8 Å². The minimum atomic E-state index is 0.391. The van der Waals surface area contributed by atoms with Gasteiger partial charge in [0.1, 0.15) is 0 Å². The van der Waals surface area contributed by atoms with Gasteiger partial charge in [0.2, 0.25) is 0 Å². The van der Waals surface area contributed by atoms with Crippen LogP contribution in [0, 0.1) is 0 Å². The molecule has 17 heavy (non-hydrogen) atoms. The molecule has 4 nitrogen and oxygen atoms in total. The lowest BCUT2D eigenvalue weighted by Crippen LogP contribution is -2.37. The van der Waals surface area contributed by atoms with Gasteiger partial charge in [-0.05, 0) is 26.2 Å². The lowest BCUT2D eigenvalue weighted by atomic mass is 10.0. The summed E-state index contributed by atoms with van der Waals surface area (Å²) in [7, 11) is 0. The summed E-state index contributed by atoms with van der Waals surface area (Å²) in [4.78, 5) is 4.22. The zero-order chi connectivity index (χ0) is 12.1. The molecule has 4 heteroatoms. The third kappa shape index (κ3) is 3.54. The largest absolute Gasteiger partial charge is 0.378 e. The fourth-order valence-corrected chi connectivity index (χ4v) is 2.37. The molecule has 1 fully saturated rings. The fraction of sp³-hybridized carbons (Fsp3) is 0.769. The van der Waals surface area contributed by atoms with Gasteiger partial charge in [-0.2, -0.15) is 0 Å². The Labute approximate surface area is 103 Å². The zero-order valence-electron chi connectivity index (χ0n) is 10.9. The van der Waals surface area contributed by atoms with E-state index in [4.69, 9.17) is 4.74 Å². The lowest BCUT2D eigenvalue weighted by molar-refractivity contribution is 0.0129. The minimum Gasteiger partial charge on any atom is -0.378 e. The Morgan fingerprint density at radius 1 is 1.59 bits per heavy atom. The van der Waals surface area contributed by atoms with Gasteiger partial charge in [0.25, 0.3) is 0 Å². The summed E-state index contributed by atoms with van der Waals surface area (Å²) in [5.41, 5.74) is 1.28. The van der Waals surface area contributed by atoms with E-state index in [0.717, 1.165) is 39.0 Å². The summed E-state index contributed by atoms with van der Waals surface area (Å²) in [6.45, 7) is 7.19. The normalized spacial score (nSPS) is 25.1. The molecular weight excluding hydrogens is 214 g/mol. The molecule has 0 saturated carbocycles. The number of rotatable bonds is 5. The zero-order valence-corrected chi connectivity index (χ0v) is 10.9. The highest BCUT2D eigenvalue weighted by atomic mass is 16.5. The Bertz CT molecular complexity index is 337. The van der Waals surface area contributed by atoms with Crippen molar-refractivity contribution in [2.45, 2.75) is 58.3 Å². The van der Waals surface area contributed by atoms with E-state index in [-0.39, 0.29) is 0 Å². The maximum atomic E-state index is 5.55. The lowest BCUT2D eigenvalue weighted by Gasteiger charge is -2.28. The first-order valence-corrected chi connectivity index (χ1v) is 6.63. The van der Waals surface area contributed by atoms with Crippen LogP contribution in [0.2, 0.25) is 0 Å². The van der Waals surface area contributed by atoms with Crippen LogP contribution in [0.1, 0.15) is 38.8 Å². The fourth-order valence-electron chi connectivity index (χ4n) is 2.37. The molecule has 2 atom stereocenters. The van der Waals surface area contributed by atoms with E-state index >= 15 is 0 Å². The highest BCUT2D eigenvalue weighted by molar-refractivity contribution is 4.98. The van der Waals surface area contributed by atoms with Crippen LogP contribution in [0.3, 0.4) is 0 Å². The second-order valence-electron chi connectivity index (χ2n) is 4.86. The molecule has 2 heterocycles. The number of nitrogens with zero attached hydrogens (tertiary/aromatic N) is 2. The van der Waals surface area contributed by atoms with Crippen molar-refractivity contribution in [2.24, 2.45) is 0 Å². The highest BCUT2D eigenvalue weighted by Crippen LogP contribution is 2.13. The van der Waals surface area contributed by atoms with Crippen LogP contribution in [0.25, 0.3) is 0 Å². The Balaban J connectivity index is 1.82. The number of hydrogen-bond donors (Lipinski definition) is 1. The van der Waals surface area contributed by atoms with Crippen LogP contribution < -0.4 is 5.32 Å². The summed E-state index contributed by atoms with van der Waals surface area (Å²) in [5, 5.41) is 3.61. The van der Waals surface area contributed by atoms with E-state index in [1.807, 2.05) is 12.5 Å². The molecule has 0 radical (unpaired) electrons. The average molecular weight is 237 g/mol. The second kappa shape index (κ2) is 6.17. The molecule has 1 aliphatic rings. The van der Waals surface area contributed by atoms with E-state index in [2.05, 4.69) is 28.7 Å². The molecule has 1 saturated heterocycles. The van der Waals surface area contributed by atoms with Crippen molar-refractivity contribution in [1.82, 2.24) is 14.9 Å². The smallest absolute Gasteiger partial charge is 0.0948 e. The first kappa shape index (κ1) is 12.6. The van der Waals surface area contributed by atoms with Crippen molar-refractivity contribution in [3.05, 3.63) is 18.2 Å². The number of aryl methyl sites for hydroxylation is 1. The van der Waals surface area contributed by atoms with Gasteiger partial charge in [-0.25, -0.2) is 4.98 Å². The highest BCUT2D eigenvalue weighted by Gasteiger charge is 2.18. The van der Waals surface area contributed by atoms with E-state index in [0.29, 0.717) is 12.1 Å². The maximum absolute atomic E-state index is 5.55. The molecule has 0 aromatic carbocycles. The van der Waals surface area contributed by atoms with Crippen molar-refractivity contribution in [3.63, 3.8) is 0 Å². The SMILES string of the molecule is CCCn1cncc1CNC1CCOC(C)C1. The van der Waals surface area contributed by atoms with Crippen molar-refractivity contribution in [3.8, 4) is 0 Å². The second-order valence-corrected chi connectivity index (χ2v) is 4.86. The third-order valence-corrected chi connectivity index (χ3v) is 3.32. The van der Waals surface area contributed by atoms with Gasteiger partial charge in [-0.15, -0.1) is 0 Å². The molecule has 0 amide bonds. The van der Waals surface area contributed by atoms with Crippen molar-refractivity contribution in [2.75, 3.05) is 6.61 Å². The van der Waals surface area contributed by atoms with Crippen LogP contribution in [0.5, 0.6) is 0 Å². The van der Waals surface area contributed by atoms with Crippen LogP contribution in [-0.4, -0.2) is 28.3 Å². The number of hydrogen-bond acceptors (Lipinski definition) is 3. The topological polar surface area (TPSA) is 39.1 Å². The molecule has 1 aliphatic heterocycles. The van der Waals surface area contributed by atoms with E-state index in [1.165, 1.54) is 5.69 Å². The summed E-state index contributed by atoms with van der Waals surface area (Å²) in [5.74, 6) is 0. The summed E-state index contributed by atoms with van der Waals surface area (Å²) in [6, 6.07) is 0.587. The van der Waals surface area contributed by atoms with Crippen LogP contribution in [0.15, 0.2) is 12.5 Å². The molecule has 2 rings (SSSR count). The van der Waals surface area contributed by atoms with Gasteiger partial charge in [0, 0.05) is 31.9 Å². The average Bonchev–Trinajstić information content (AvgIpc) is 2.75. The summed E-state index contributed by atoms with van der Waals surface area (Å²) >= 11 is 0. The molecule has 0 bridgehead atoms. The Kier molecular flexibility index (Phi) is 4.57. The van der Waals surface area contributed by atoms with E-state index in [9.17, 15) is 0 Å². The van der Waals surface area contributed by atoms with E-state index < -0.39 is 0 Å². The molecule has 0 aliphatic carbocycles. The van der Waals surface area contributed by atoms with Crippen LogP contribution >= 0.6 is 0 Å². The van der Waals surface area contributed by atoms with Gasteiger partial charge in [-0.1, -0.05) is 6.92 Å². The monoisotopic (exact) mass is 237 g/mol. The van der Waals surface area contributed by atoms with Gasteiger partial charge < -0.3 is 14.6 Å². The Morgan fingerprint density at radius 2 is 2.47 bits per heavy atom. The third-order valence-electron chi connectivity index (χ3n) is 3.32. The summed E-state index contributed by atoms with van der Waals surface area (Å²) < 4.78 is 7.78. The number of nitrogens with one attached hydrogen (secondary N) is 1. The first-order chi connectivity index (χ1) is 8.29. The van der Waals surface area contributed by atoms with Crippen LogP contribution in [0.4, 0.5) is 0 Å². The molecule has 96 valence electrons. The van der Waals surface area contributed by atoms with Crippen molar-refractivity contribution < 1.29 is 4.74 Å². The molecule has 1 aromatic heterocycles.